The number of benzene rings is 2. The van der Waals surface area contributed by atoms with E-state index in [0.29, 0.717) is 42.8 Å². The number of carbonyl (C=O) groups excluding carboxylic acids is 1. The highest BCUT2D eigenvalue weighted by atomic mass is 32.2. The molecule has 0 radical (unpaired) electrons. The minimum atomic E-state index is -4.15. The molecule has 10 heteroatoms. The van der Waals surface area contributed by atoms with Crippen LogP contribution < -0.4 is 9.46 Å². The van der Waals surface area contributed by atoms with Gasteiger partial charge in [-0.3, -0.25) is 4.72 Å². The molecule has 5 rings (SSSR count). The lowest BCUT2D eigenvalue weighted by atomic mass is 10.0. The van der Waals surface area contributed by atoms with Gasteiger partial charge in [-0.2, -0.15) is 0 Å². The van der Waals surface area contributed by atoms with Gasteiger partial charge < -0.3 is 18.9 Å². The number of ether oxygens (including phenoxy) is 4. The Kier molecular flexibility index (Phi) is 5.99. The Morgan fingerprint density at radius 3 is 2.74 bits per heavy atom. The van der Waals surface area contributed by atoms with Crippen LogP contribution in [0.1, 0.15) is 46.2 Å². The fourth-order valence-electron chi connectivity index (χ4n) is 4.79. The van der Waals surface area contributed by atoms with E-state index in [2.05, 4.69) is 4.72 Å². The first-order valence-corrected chi connectivity index (χ1v) is 12.6. The number of sulfonamides is 1. The van der Waals surface area contributed by atoms with Crippen molar-refractivity contribution in [2.24, 2.45) is 11.8 Å². The summed E-state index contributed by atoms with van der Waals surface area (Å²) in [4.78, 5) is 12.6. The molecule has 4 atom stereocenters. The van der Waals surface area contributed by atoms with Crippen LogP contribution in [0.5, 0.6) is 5.75 Å². The van der Waals surface area contributed by atoms with Crippen molar-refractivity contribution in [3.8, 4) is 5.75 Å². The van der Waals surface area contributed by atoms with Crippen LogP contribution in [0.3, 0.4) is 0 Å². The second-order valence-electron chi connectivity index (χ2n) is 8.98. The number of nitrogens with one attached hydrogen (secondary N) is 1. The van der Waals surface area contributed by atoms with E-state index in [0.717, 1.165) is 18.1 Å². The molecule has 2 fully saturated rings. The summed E-state index contributed by atoms with van der Waals surface area (Å²) in [5.74, 6) is -0.185. The largest absolute Gasteiger partial charge is 0.492 e. The molecule has 1 N–H and O–H groups in total. The van der Waals surface area contributed by atoms with Crippen molar-refractivity contribution in [2.45, 2.75) is 29.6 Å². The third kappa shape index (κ3) is 4.25. The maximum Gasteiger partial charge on any atom is 0.343 e. The predicted molar refractivity (Wildman–Crippen MR) is 120 cm³/mol. The summed E-state index contributed by atoms with van der Waals surface area (Å²) in [7, 11) is -1.40. The van der Waals surface area contributed by atoms with E-state index < -0.39 is 21.8 Å². The van der Waals surface area contributed by atoms with Gasteiger partial charge in [-0.15, -0.1) is 0 Å². The summed E-state index contributed by atoms with van der Waals surface area (Å²) in [6.45, 7) is 1.00. The Labute approximate surface area is 197 Å². The van der Waals surface area contributed by atoms with E-state index in [1.807, 2.05) is 0 Å². The quantitative estimate of drug-likeness (QED) is 0.325. The van der Waals surface area contributed by atoms with Gasteiger partial charge in [0.05, 0.1) is 30.9 Å². The second-order valence-corrected chi connectivity index (χ2v) is 10.6. The molecule has 34 heavy (non-hydrogen) atoms. The molecule has 2 aliphatic carbocycles. The van der Waals surface area contributed by atoms with E-state index >= 15 is 0 Å². The van der Waals surface area contributed by atoms with Crippen LogP contribution in [0, 0.1) is 17.7 Å². The van der Waals surface area contributed by atoms with Gasteiger partial charge >= 0.3 is 5.97 Å². The summed E-state index contributed by atoms with van der Waals surface area (Å²) >= 11 is 0. The third-order valence-electron chi connectivity index (χ3n) is 6.70. The van der Waals surface area contributed by atoms with Gasteiger partial charge in [-0.25, -0.2) is 17.6 Å². The monoisotopic (exact) mass is 491 g/mol. The molecule has 2 saturated carbocycles. The Balaban J connectivity index is 1.47. The zero-order valence-electron chi connectivity index (χ0n) is 18.9. The molecule has 1 heterocycles. The number of esters is 1. The van der Waals surface area contributed by atoms with Crippen molar-refractivity contribution in [1.82, 2.24) is 0 Å². The van der Waals surface area contributed by atoms with Crippen molar-refractivity contribution in [3.05, 3.63) is 52.8 Å². The minimum absolute atomic E-state index is 0.0372. The maximum absolute atomic E-state index is 14.1. The fourth-order valence-corrected chi connectivity index (χ4v) is 6.13. The summed E-state index contributed by atoms with van der Waals surface area (Å²) in [5, 5.41) is 0. The number of methoxy groups -OCH3 is 2. The smallest absolute Gasteiger partial charge is 0.343 e. The molecule has 0 bridgehead atoms. The average molecular weight is 492 g/mol. The molecule has 3 aliphatic rings. The van der Waals surface area contributed by atoms with Gasteiger partial charge in [0.15, 0.2) is 0 Å². The van der Waals surface area contributed by atoms with Gasteiger partial charge in [0.1, 0.15) is 23.9 Å². The van der Waals surface area contributed by atoms with Crippen molar-refractivity contribution in [1.29, 1.82) is 0 Å². The van der Waals surface area contributed by atoms with Crippen LogP contribution >= 0.6 is 0 Å². The standard InChI is InChI=1S/C24H26FNO7S/c1-30-12-32-10-13-7-18(13)19-9-15(25)3-6-21(19)34(28,29)26-20-5-4-16-17-8-14(17)11-33-23(16)22(20)24(27)31-2/h3-6,9,13-14,17-18,26H,7-8,10-12H2,1-2H3/t13-,14+,17+,18-/m1/s1. The number of halogens is 1. The second kappa shape index (κ2) is 8.83. The third-order valence-corrected chi connectivity index (χ3v) is 8.14. The lowest BCUT2D eigenvalue weighted by Crippen LogP contribution is -2.20. The molecule has 8 nitrogen and oxygen atoms in total. The Hall–Kier alpha value is -2.69. The normalized spacial score (nSPS) is 24.4. The van der Waals surface area contributed by atoms with E-state index in [1.165, 1.54) is 26.4 Å². The van der Waals surface area contributed by atoms with Crippen LogP contribution in [0.15, 0.2) is 35.2 Å². The highest BCUT2D eigenvalue weighted by molar-refractivity contribution is 7.92. The number of anilines is 1. The first-order valence-electron chi connectivity index (χ1n) is 11.1. The maximum atomic E-state index is 14.1. The first-order chi connectivity index (χ1) is 16.3. The van der Waals surface area contributed by atoms with Crippen molar-refractivity contribution < 1.29 is 36.6 Å². The van der Waals surface area contributed by atoms with E-state index in [-0.39, 0.29) is 34.8 Å². The molecule has 0 aromatic heterocycles. The zero-order valence-corrected chi connectivity index (χ0v) is 19.7. The Bertz CT molecular complexity index is 1230. The molecular weight excluding hydrogens is 465 g/mol. The lowest BCUT2D eigenvalue weighted by molar-refractivity contribution is -0.0348. The molecule has 0 unspecified atom stereocenters. The van der Waals surface area contributed by atoms with E-state index in [1.54, 1.807) is 12.1 Å². The fraction of sp³-hybridized carbons (Fsp3) is 0.458. The molecule has 0 saturated heterocycles. The molecule has 1 aliphatic heterocycles. The molecule has 0 amide bonds. The molecule has 0 spiro atoms. The SMILES string of the molecule is COCOC[C@H]1C[C@H]1c1cc(F)ccc1S(=O)(=O)Nc1ccc2c(c1C(=O)OC)OC[C@@H]1C[C@H]21. The molecular formula is C24H26FNO7S. The van der Waals surface area contributed by atoms with Gasteiger partial charge in [-0.05, 0) is 66.0 Å². The van der Waals surface area contributed by atoms with Crippen molar-refractivity contribution >= 4 is 21.7 Å². The first kappa shape index (κ1) is 23.1. The molecule has 2 aromatic carbocycles. The number of hydrogen-bond donors (Lipinski definition) is 1. The summed E-state index contributed by atoms with van der Waals surface area (Å²) in [6, 6.07) is 6.97. The highest BCUT2D eigenvalue weighted by Gasteiger charge is 2.46. The number of hydrogen-bond acceptors (Lipinski definition) is 7. The van der Waals surface area contributed by atoms with Crippen LogP contribution in [-0.4, -0.2) is 48.6 Å². The van der Waals surface area contributed by atoms with E-state index in [9.17, 15) is 17.6 Å². The van der Waals surface area contributed by atoms with Crippen molar-refractivity contribution in [3.63, 3.8) is 0 Å². The van der Waals surface area contributed by atoms with Gasteiger partial charge in [0.2, 0.25) is 0 Å². The molecule has 182 valence electrons. The number of fused-ring (bicyclic) bond motifs is 3. The average Bonchev–Trinajstić information content (AvgIpc) is 3.72. The van der Waals surface area contributed by atoms with Crippen LogP contribution in [0.4, 0.5) is 10.1 Å². The van der Waals surface area contributed by atoms with Crippen molar-refractivity contribution in [2.75, 3.05) is 38.9 Å². The summed E-state index contributed by atoms with van der Waals surface area (Å²) < 4.78 is 64.6. The topological polar surface area (TPSA) is 100 Å². The highest BCUT2D eigenvalue weighted by Crippen LogP contribution is 2.55. The zero-order chi connectivity index (χ0) is 24.0. The lowest BCUT2D eigenvalue weighted by Gasteiger charge is -2.22. The summed E-state index contributed by atoms with van der Waals surface area (Å²) in [6.07, 6.45) is 1.66. The van der Waals surface area contributed by atoms with E-state index in [4.69, 9.17) is 18.9 Å². The van der Waals surface area contributed by atoms with Crippen LogP contribution in [0.25, 0.3) is 0 Å². The number of rotatable bonds is 9. The molecule has 2 aromatic rings. The number of carbonyl (C=O) groups is 1. The van der Waals surface area contributed by atoms with Gasteiger partial charge in [-0.1, -0.05) is 6.07 Å². The van der Waals surface area contributed by atoms with Crippen LogP contribution in [-0.2, 0) is 24.2 Å². The van der Waals surface area contributed by atoms with Gasteiger partial charge in [0.25, 0.3) is 10.0 Å². The Morgan fingerprint density at radius 1 is 1.15 bits per heavy atom. The van der Waals surface area contributed by atoms with Gasteiger partial charge in [0, 0.05) is 13.0 Å². The van der Waals surface area contributed by atoms with Crippen LogP contribution in [0.2, 0.25) is 0 Å². The Morgan fingerprint density at radius 2 is 1.97 bits per heavy atom. The predicted octanol–water partition coefficient (Wildman–Crippen LogP) is 3.63. The minimum Gasteiger partial charge on any atom is -0.492 e. The summed E-state index contributed by atoms with van der Waals surface area (Å²) in [5.41, 5.74) is 1.39.